The maximum Gasteiger partial charge on any atom is 0.0424 e. The number of benzene rings is 1. The fourth-order valence-electron chi connectivity index (χ4n) is 3.33. The van der Waals surface area contributed by atoms with Crippen LogP contribution in [0.3, 0.4) is 0 Å². The van der Waals surface area contributed by atoms with Crippen LogP contribution in [0.15, 0.2) is 89.0 Å². The molecule has 0 radical (unpaired) electrons. The molecule has 0 fully saturated rings. The van der Waals surface area contributed by atoms with E-state index in [2.05, 4.69) is 87.5 Å². The minimum Gasteiger partial charge on any atom is -0.293 e. The first-order valence-corrected chi connectivity index (χ1v) is 10.6. The van der Waals surface area contributed by atoms with Crippen LogP contribution in [0.4, 0.5) is 0 Å². The minimum absolute atomic E-state index is 0.990. The molecule has 1 aliphatic carbocycles. The van der Waals surface area contributed by atoms with Gasteiger partial charge in [-0.25, -0.2) is 0 Å². The number of aliphatic imine (C=N–C) groups is 1. The maximum atomic E-state index is 4.15. The van der Waals surface area contributed by atoms with E-state index in [9.17, 15) is 0 Å². The number of hydrogen-bond acceptors (Lipinski definition) is 1. The molecule has 1 aromatic rings. The van der Waals surface area contributed by atoms with Crippen LogP contribution in [0.2, 0.25) is 0 Å². The van der Waals surface area contributed by atoms with Crippen molar-refractivity contribution in [3.8, 4) is 0 Å². The fraction of sp³-hybridized carbons (Fsp3) is 0.321. The highest BCUT2D eigenvalue weighted by atomic mass is 14.7. The highest BCUT2D eigenvalue weighted by Crippen LogP contribution is 2.28. The van der Waals surface area contributed by atoms with E-state index in [1.807, 2.05) is 13.1 Å². The predicted molar refractivity (Wildman–Crippen MR) is 131 cm³/mol. The van der Waals surface area contributed by atoms with Gasteiger partial charge in [-0.1, -0.05) is 73.7 Å². The summed E-state index contributed by atoms with van der Waals surface area (Å²) in [6.07, 6.45) is 15.7. The molecule has 0 unspecified atom stereocenters. The van der Waals surface area contributed by atoms with Gasteiger partial charge in [0.25, 0.3) is 0 Å². The summed E-state index contributed by atoms with van der Waals surface area (Å²) in [4.78, 5) is 4.14. The molecule has 0 bridgehead atoms. The molecule has 1 heterocycles. The van der Waals surface area contributed by atoms with Crippen LogP contribution in [-0.2, 0) is 0 Å². The van der Waals surface area contributed by atoms with Gasteiger partial charge >= 0.3 is 0 Å². The van der Waals surface area contributed by atoms with Crippen molar-refractivity contribution in [3.05, 3.63) is 95.1 Å². The van der Waals surface area contributed by atoms with Gasteiger partial charge in [0.15, 0.2) is 0 Å². The van der Waals surface area contributed by atoms with Crippen molar-refractivity contribution < 1.29 is 0 Å². The Morgan fingerprint density at radius 1 is 0.966 bits per heavy atom. The molecule has 0 N–H and O–H groups in total. The molecule has 1 nitrogen and oxygen atoms in total. The Morgan fingerprint density at radius 2 is 1.62 bits per heavy atom. The molecule has 29 heavy (non-hydrogen) atoms. The zero-order valence-electron chi connectivity index (χ0n) is 18.6. The monoisotopic (exact) mass is 385 g/mol. The summed E-state index contributed by atoms with van der Waals surface area (Å²) in [7, 11) is 0. The van der Waals surface area contributed by atoms with Crippen molar-refractivity contribution in [3.63, 3.8) is 0 Å². The van der Waals surface area contributed by atoms with E-state index >= 15 is 0 Å². The second-order valence-electron chi connectivity index (χ2n) is 7.78. The fourth-order valence-corrected chi connectivity index (χ4v) is 3.33. The Hall–Kier alpha value is -2.67. The minimum atomic E-state index is 0.990. The quantitative estimate of drug-likeness (QED) is 0.453. The highest BCUT2D eigenvalue weighted by molar-refractivity contribution is 5.81. The molecule has 0 saturated heterocycles. The first-order chi connectivity index (χ1) is 13.9. The summed E-state index contributed by atoms with van der Waals surface area (Å²) in [6.45, 7) is 17.6. The smallest absolute Gasteiger partial charge is 0.0424 e. The van der Waals surface area contributed by atoms with Crippen LogP contribution in [0, 0.1) is 0 Å². The lowest BCUT2D eigenvalue weighted by Gasteiger charge is -2.13. The third-order valence-corrected chi connectivity index (χ3v) is 5.22. The molecule has 1 aromatic carbocycles. The van der Waals surface area contributed by atoms with Gasteiger partial charge in [-0.15, -0.1) is 0 Å². The third-order valence-electron chi connectivity index (χ3n) is 5.22. The second kappa shape index (κ2) is 11.4. The van der Waals surface area contributed by atoms with Crippen LogP contribution < -0.4 is 0 Å². The molecule has 2 aliphatic rings. The zero-order valence-corrected chi connectivity index (χ0v) is 18.6. The van der Waals surface area contributed by atoms with E-state index in [1.165, 1.54) is 33.4 Å². The van der Waals surface area contributed by atoms with Crippen molar-refractivity contribution in [2.24, 2.45) is 4.99 Å². The average molecular weight is 386 g/mol. The maximum absolute atomic E-state index is 4.15. The highest BCUT2D eigenvalue weighted by Gasteiger charge is 2.07. The summed E-state index contributed by atoms with van der Waals surface area (Å²) in [5, 5.41) is 0. The zero-order chi connectivity index (χ0) is 21.2. The molecule has 0 saturated carbocycles. The Morgan fingerprint density at radius 3 is 2.10 bits per heavy atom. The lowest BCUT2D eigenvalue weighted by atomic mass is 9.92. The lowest BCUT2D eigenvalue weighted by molar-refractivity contribution is 0.969. The number of rotatable bonds is 5. The number of hydrogen-bond donors (Lipinski definition) is 0. The Balaban J connectivity index is 0.000000313. The van der Waals surface area contributed by atoms with E-state index in [4.69, 9.17) is 0 Å². The molecule has 0 spiro atoms. The number of dihydropyridines is 1. The second-order valence-corrected chi connectivity index (χ2v) is 7.78. The molecule has 0 aromatic heterocycles. The molecule has 1 aliphatic heterocycles. The average Bonchev–Trinajstić information content (AvgIpc) is 2.74. The van der Waals surface area contributed by atoms with Crippen molar-refractivity contribution in [2.45, 2.75) is 53.4 Å². The van der Waals surface area contributed by atoms with Gasteiger partial charge in [-0.3, -0.25) is 4.99 Å². The van der Waals surface area contributed by atoms with E-state index in [-0.39, 0.29) is 0 Å². The van der Waals surface area contributed by atoms with Gasteiger partial charge in [-0.05, 0) is 85.9 Å². The van der Waals surface area contributed by atoms with Gasteiger partial charge in [0, 0.05) is 12.8 Å². The van der Waals surface area contributed by atoms with E-state index in [0.717, 1.165) is 43.4 Å². The van der Waals surface area contributed by atoms with Crippen molar-refractivity contribution in [1.82, 2.24) is 0 Å². The van der Waals surface area contributed by atoms with Gasteiger partial charge in [-0.2, -0.15) is 0 Å². The molecular weight excluding hydrogens is 350 g/mol. The number of nitrogens with zero attached hydrogens (tertiary/aromatic N) is 1. The van der Waals surface area contributed by atoms with Gasteiger partial charge < -0.3 is 0 Å². The topological polar surface area (TPSA) is 12.4 Å². The normalized spacial score (nSPS) is 16.1. The van der Waals surface area contributed by atoms with Crippen LogP contribution in [-0.4, -0.2) is 12.8 Å². The molecule has 152 valence electrons. The van der Waals surface area contributed by atoms with Crippen molar-refractivity contribution in [2.75, 3.05) is 6.54 Å². The van der Waals surface area contributed by atoms with Crippen LogP contribution in [0.25, 0.3) is 11.1 Å². The van der Waals surface area contributed by atoms with Crippen LogP contribution >= 0.6 is 0 Å². The Bertz CT molecular complexity index is 883. The van der Waals surface area contributed by atoms with Gasteiger partial charge in [0.2, 0.25) is 0 Å². The van der Waals surface area contributed by atoms with E-state index in [0.29, 0.717) is 0 Å². The summed E-state index contributed by atoms with van der Waals surface area (Å²) in [6, 6.07) is 8.58. The molecule has 1 heteroatoms. The molecule has 0 atom stereocenters. The largest absolute Gasteiger partial charge is 0.293 e. The van der Waals surface area contributed by atoms with Crippen LogP contribution in [0.5, 0.6) is 0 Å². The molecular formula is C28H35N. The SMILES string of the molecule is C=C(C)/C(=C\C1=CCCC=C1C)c1ccc(C(=C)C)cc1.CCC1=CCCN=C1. The third kappa shape index (κ3) is 7.02. The number of allylic oxidation sites excluding steroid dienone is 9. The van der Waals surface area contributed by atoms with Crippen molar-refractivity contribution in [1.29, 1.82) is 0 Å². The van der Waals surface area contributed by atoms with E-state index in [1.54, 1.807) is 0 Å². The molecule has 0 amide bonds. The Kier molecular flexibility index (Phi) is 8.86. The summed E-state index contributed by atoms with van der Waals surface area (Å²) >= 11 is 0. The summed E-state index contributed by atoms with van der Waals surface area (Å²) in [5.41, 5.74) is 9.87. The summed E-state index contributed by atoms with van der Waals surface area (Å²) < 4.78 is 0. The predicted octanol–water partition coefficient (Wildman–Crippen LogP) is 8.14. The van der Waals surface area contributed by atoms with E-state index < -0.39 is 0 Å². The van der Waals surface area contributed by atoms with Gasteiger partial charge in [0.1, 0.15) is 0 Å². The first-order valence-electron chi connectivity index (χ1n) is 10.6. The lowest BCUT2D eigenvalue weighted by Crippen LogP contribution is -1.93. The molecule has 3 rings (SSSR count). The summed E-state index contributed by atoms with van der Waals surface area (Å²) in [5.74, 6) is 0. The first kappa shape index (κ1) is 22.6. The van der Waals surface area contributed by atoms with Crippen molar-refractivity contribution >= 4 is 17.4 Å². The van der Waals surface area contributed by atoms with Crippen LogP contribution in [0.1, 0.15) is 64.5 Å². The van der Waals surface area contributed by atoms with Gasteiger partial charge in [0.05, 0.1) is 0 Å². The Labute approximate surface area is 177 Å². The standard InChI is InChI=1S/C21H24.C7H11N/c1-15(2)18-10-12-19(13-11-18)21(16(3)4)14-20-9-7-6-8-17(20)5;1-2-7-4-3-5-8-6-7/h8-14H,1,3,6-7H2,2,4-5H3;4,6H,2-3,5H2,1H3/b21-14+;.